The van der Waals surface area contributed by atoms with Crippen molar-refractivity contribution in [2.45, 2.75) is 17.6 Å². The van der Waals surface area contributed by atoms with E-state index in [2.05, 4.69) is 4.72 Å². The molecule has 2 rings (SSSR count). The quantitative estimate of drug-likeness (QED) is 0.853. The molecular weight excluding hydrogens is 287 g/mol. The Morgan fingerprint density at radius 1 is 1.32 bits per heavy atom. The minimum Gasteiger partial charge on any atom is -0.397 e. The van der Waals surface area contributed by atoms with E-state index in [1.165, 1.54) is 29.5 Å². The van der Waals surface area contributed by atoms with Gasteiger partial charge in [0.2, 0.25) is 0 Å². The molecule has 0 saturated carbocycles. The number of nitrogen functional groups attached to an aromatic ring is 1. The molecule has 0 atom stereocenters. The Balaban J connectivity index is 2.33. The van der Waals surface area contributed by atoms with Gasteiger partial charge in [-0.05, 0) is 30.7 Å². The Hall–Kier alpha value is -1.60. The molecule has 1 aromatic carbocycles. The maximum atomic E-state index is 13.1. The highest BCUT2D eigenvalue weighted by Gasteiger charge is 2.18. The maximum absolute atomic E-state index is 13.1. The first-order valence-electron chi connectivity index (χ1n) is 5.59. The summed E-state index contributed by atoms with van der Waals surface area (Å²) < 4.78 is 39.8. The van der Waals surface area contributed by atoms with Crippen LogP contribution in [0.4, 0.5) is 15.8 Å². The molecule has 1 heterocycles. The predicted molar refractivity (Wildman–Crippen MR) is 75.3 cm³/mol. The van der Waals surface area contributed by atoms with E-state index in [1.807, 2.05) is 6.92 Å². The van der Waals surface area contributed by atoms with Crippen LogP contribution in [0.2, 0.25) is 0 Å². The van der Waals surface area contributed by atoms with Gasteiger partial charge in [0.05, 0.1) is 11.4 Å². The largest absolute Gasteiger partial charge is 0.397 e. The van der Waals surface area contributed by atoms with Crippen molar-refractivity contribution in [3.63, 3.8) is 0 Å². The van der Waals surface area contributed by atoms with Crippen LogP contribution in [0.25, 0.3) is 0 Å². The summed E-state index contributed by atoms with van der Waals surface area (Å²) in [4.78, 5) is 0.965. The second-order valence-electron chi connectivity index (χ2n) is 3.91. The van der Waals surface area contributed by atoms with Crippen molar-refractivity contribution in [3.8, 4) is 0 Å². The number of nitrogens with two attached hydrogens (primary N) is 1. The van der Waals surface area contributed by atoms with Crippen LogP contribution in [0.1, 0.15) is 11.8 Å². The molecule has 2 aromatic rings. The Kier molecular flexibility index (Phi) is 3.77. The molecule has 0 bridgehead atoms. The number of aryl methyl sites for hydroxylation is 1. The van der Waals surface area contributed by atoms with E-state index in [-0.39, 0.29) is 15.6 Å². The summed E-state index contributed by atoms with van der Waals surface area (Å²) in [5.41, 5.74) is 5.84. The first-order chi connectivity index (χ1) is 8.92. The van der Waals surface area contributed by atoms with Gasteiger partial charge < -0.3 is 5.73 Å². The van der Waals surface area contributed by atoms with Crippen molar-refractivity contribution in [1.29, 1.82) is 0 Å². The van der Waals surface area contributed by atoms with Crippen LogP contribution >= 0.6 is 11.3 Å². The third-order valence-electron chi connectivity index (χ3n) is 2.51. The highest BCUT2D eigenvalue weighted by molar-refractivity contribution is 7.94. The topological polar surface area (TPSA) is 72.2 Å². The smallest absolute Gasteiger partial charge is 0.271 e. The molecule has 0 radical (unpaired) electrons. The number of halogens is 1. The lowest BCUT2D eigenvalue weighted by Crippen LogP contribution is -2.13. The Morgan fingerprint density at radius 3 is 2.68 bits per heavy atom. The molecule has 0 fully saturated rings. The van der Waals surface area contributed by atoms with Crippen LogP contribution in [-0.4, -0.2) is 8.42 Å². The van der Waals surface area contributed by atoms with Gasteiger partial charge in [-0.2, -0.15) is 0 Å². The van der Waals surface area contributed by atoms with E-state index in [1.54, 1.807) is 6.07 Å². The average Bonchev–Trinajstić information content (AvgIpc) is 2.83. The lowest BCUT2D eigenvalue weighted by Gasteiger charge is -2.08. The molecule has 0 aliphatic heterocycles. The molecule has 0 aliphatic rings. The number of thiophene rings is 1. The fourth-order valence-corrected chi connectivity index (χ4v) is 3.88. The minimum atomic E-state index is -3.72. The summed E-state index contributed by atoms with van der Waals surface area (Å²) in [5, 5.41) is 0. The van der Waals surface area contributed by atoms with Gasteiger partial charge in [0.1, 0.15) is 10.0 Å². The lowest BCUT2D eigenvalue weighted by atomic mass is 10.3. The second kappa shape index (κ2) is 5.18. The number of hydrogen-bond donors (Lipinski definition) is 2. The molecule has 4 nitrogen and oxygen atoms in total. The Morgan fingerprint density at radius 2 is 2.05 bits per heavy atom. The molecule has 7 heteroatoms. The summed E-state index contributed by atoms with van der Waals surface area (Å²) in [5.74, 6) is -0.549. The first-order valence-corrected chi connectivity index (χ1v) is 7.89. The van der Waals surface area contributed by atoms with Crippen molar-refractivity contribution < 1.29 is 12.8 Å². The predicted octanol–water partition coefficient (Wildman–Crippen LogP) is 2.83. The highest BCUT2D eigenvalue weighted by Crippen LogP contribution is 2.27. The van der Waals surface area contributed by atoms with Gasteiger partial charge in [-0.25, -0.2) is 12.8 Å². The van der Waals surface area contributed by atoms with E-state index >= 15 is 0 Å². The monoisotopic (exact) mass is 300 g/mol. The van der Waals surface area contributed by atoms with Crippen LogP contribution < -0.4 is 10.5 Å². The van der Waals surface area contributed by atoms with Crippen LogP contribution in [0.5, 0.6) is 0 Å². The summed E-state index contributed by atoms with van der Waals surface area (Å²) in [6, 6.07) is 6.84. The first kappa shape index (κ1) is 13.8. The zero-order valence-corrected chi connectivity index (χ0v) is 11.8. The minimum absolute atomic E-state index is 0.0476. The number of hydrogen-bond acceptors (Lipinski definition) is 4. The average molecular weight is 300 g/mol. The van der Waals surface area contributed by atoms with Crippen molar-refractivity contribution in [1.82, 2.24) is 0 Å². The summed E-state index contributed by atoms with van der Waals surface area (Å²) in [6.07, 6.45) is 0.766. The van der Waals surface area contributed by atoms with Crippen LogP contribution in [-0.2, 0) is 16.4 Å². The number of sulfonamides is 1. The van der Waals surface area contributed by atoms with Crippen LogP contribution in [0.15, 0.2) is 34.5 Å². The fourth-order valence-electron chi connectivity index (χ4n) is 1.50. The SMILES string of the molecule is CCc1ccc(S(=O)(=O)Nc2cc(F)ccc2N)s1. The molecule has 0 aliphatic carbocycles. The molecule has 19 heavy (non-hydrogen) atoms. The fraction of sp³-hybridized carbons (Fsp3) is 0.167. The molecule has 102 valence electrons. The van der Waals surface area contributed by atoms with Gasteiger partial charge >= 0.3 is 0 Å². The van der Waals surface area contributed by atoms with Crippen molar-refractivity contribution in [2.75, 3.05) is 10.5 Å². The van der Waals surface area contributed by atoms with Gasteiger partial charge in [-0.3, -0.25) is 4.72 Å². The van der Waals surface area contributed by atoms with Gasteiger partial charge in [-0.1, -0.05) is 6.92 Å². The maximum Gasteiger partial charge on any atom is 0.271 e. The molecule has 3 N–H and O–H groups in total. The number of anilines is 2. The Labute approximate surface area is 115 Å². The van der Waals surface area contributed by atoms with E-state index in [4.69, 9.17) is 5.73 Å². The number of benzene rings is 1. The molecule has 0 spiro atoms. The van der Waals surface area contributed by atoms with Crippen molar-refractivity contribution in [3.05, 3.63) is 41.0 Å². The van der Waals surface area contributed by atoms with Gasteiger partial charge in [-0.15, -0.1) is 11.3 Å². The summed E-state index contributed by atoms with van der Waals surface area (Å²) in [6.45, 7) is 1.94. The van der Waals surface area contributed by atoms with Crippen molar-refractivity contribution >= 4 is 32.7 Å². The number of nitrogens with one attached hydrogen (secondary N) is 1. The van der Waals surface area contributed by atoms with Gasteiger partial charge in [0, 0.05) is 10.9 Å². The molecule has 0 saturated heterocycles. The molecule has 0 amide bonds. The third-order valence-corrected chi connectivity index (χ3v) is 5.60. The van der Waals surface area contributed by atoms with Crippen LogP contribution in [0, 0.1) is 5.82 Å². The van der Waals surface area contributed by atoms with Gasteiger partial charge in [0.25, 0.3) is 10.0 Å². The summed E-state index contributed by atoms with van der Waals surface area (Å²) in [7, 11) is -3.72. The molecule has 0 unspecified atom stereocenters. The zero-order valence-electron chi connectivity index (χ0n) is 10.2. The Bertz CT molecular complexity index is 696. The van der Waals surface area contributed by atoms with E-state index in [0.29, 0.717) is 0 Å². The molecular formula is C12H13FN2O2S2. The zero-order chi connectivity index (χ0) is 14.0. The van der Waals surface area contributed by atoms with E-state index < -0.39 is 15.8 Å². The molecule has 1 aromatic heterocycles. The summed E-state index contributed by atoms with van der Waals surface area (Å²) >= 11 is 1.18. The second-order valence-corrected chi connectivity index (χ2v) is 6.99. The highest BCUT2D eigenvalue weighted by atomic mass is 32.2. The van der Waals surface area contributed by atoms with Crippen LogP contribution in [0.3, 0.4) is 0 Å². The third kappa shape index (κ3) is 3.05. The standard InChI is InChI=1S/C12H13FN2O2S2/c1-2-9-4-6-12(18-9)19(16,17)15-11-7-8(13)3-5-10(11)14/h3-7,15H,2,14H2,1H3. The normalized spacial score (nSPS) is 11.5. The van der Waals surface area contributed by atoms with E-state index in [9.17, 15) is 12.8 Å². The lowest BCUT2D eigenvalue weighted by molar-refractivity contribution is 0.603. The van der Waals surface area contributed by atoms with Crippen molar-refractivity contribution in [2.24, 2.45) is 0 Å². The number of rotatable bonds is 4. The van der Waals surface area contributed by atoms with E-state index in [0.717, 1.165) is 17.4 Å². The van der Waals surface area contributed by atoms with Gasteiger partial charge in [0.15, 0.2) is 0 Å².